The second kappa shape index (κ2) is 8.71. The molecule has 0 aromatic rings. The number of rotatable bonds is 9. The van der Waals surface area contributed by atoms with Crippen LogP contribution >= 0.6 is 7.60 Å². The molecule has 0 amide bonds. The van der Waals surface area contributed by atoms with Gasteiger partial charge in [0.1, 0.15) is 14.0 Å². The van der Waals surface area contributed by atoms with Crippen molar-refractivity contribution in [3.05, 3.63) is 23.4 Å². The van der Waals surface area contributed by atoms with Crippen LogP contribution in [-0.4, -0.2) is 80.2 Å². The van der Waals surface area contributed by atoms with Gasteiger partial charge in [-0.1, -0.05) is 0 Å². The third-order valence-corrected chi connectivity index (χ3v) is 3.25. The van der Waals surface area contributed by atoms with Gasteiger partial charge in [-0.15, -0.1) is 0 Å². The molecule has 2 radical (unpaired) electrons. The summed E-state index contributed by atoms with van der Waals surface area (Å²) in [5, 5.41) is 9.89. The summed E-state index contributed by atoms with van der Waals surface area (Å²) in [4.78, 5) is 19.5. The van der Waals surface area contributed by atoms with Crippen molar-refractivity contribution < 1.29 is 33.7 Å². The number of nitrogens with zero attached hydrogens (tertiary/aromatic N) is 1. The zero-order chi connectivity index (χ0) is 16.8. The molecule has 1 heterocycles. The first kappa shape index (κ1) is 19.2. The van der Waals surface area contributed by atoms with Crippen LogP contribution in [0.1, 0.15) is 0 Å². The molecule has 1 aliphatic heterocycles. The van der Waals surface area contributed by atoms with E-state index in [1.807, 2.05) is 19.0 Å². The summed E-state index contributed by atoms with van der Waals surface area (Å²) in [5.74, 6) is 0.206. The minimum Gasteiger partial charge on any atom is -0.506 e. The lowest BCUT2D eigenvalue weighted by atomic mass is 9.94. The van der Waals surface area contributed by atoms with Gasteiger partial charge in [0.15, 0.2) is 11.5 Å². The average Bonchev–Trinajstić information content (AvgIpc) is 2.66. The van der Waals surface area contributed by atoms with Gasteiger partial charge in [0, 0.05) is 12.4 Å². The van der Waals surface area contributed by atoms with E-state index >= 15 is 0 Å². The monoisotopic (exact) mass is 333 g/mol. The van der Waals surface area contributed by atoms with Crippen LogP contribution in [0.15, 0.2) is 23.4 Å². The van der Waals surface area contributed by atoms with Gasteiger partial charge in [-0.05, 0) is 20.2 Å². The molecule has 0 saturated heterocycles. The molecule has 0 aromatic heterocycles. The van der Waals surface area contributed by atoms with Crippen LogP contribution < -0.4 is 0 Å². The highest BCUT2D eigenvalue weighted by atomic mass is 31.2. The smallest absolute Gasteiger partial charge is 0.349 e. The summed E-state index contributed by atoms with van der Waals surface area (Å²) in [6, 6.07) is -0.946. The number of ether oxygens (including phenoxy) is 3. The second-order valence-corrected chi connectivity index (χ2v) is 6.42. The minimum absolute atomic E-state index is 0.116. The van der Waals surface area contributed by atoms with Gasteiger partial charge in [-0.25, -0.2) is 0 Å². The number of aliphatic hydroxyl groups excluding tert-OH is 1. The molecule has 22 heavy (non-hydrogen) atoms. The van der Waals surface area contributed by atoms with Crippen LogP contribution in [-0.2, 0) is 18.8 Å². The third-order valence-electron chi connectivity index (χ3n) is 2.71. The maximum Gasteiger partial charge on any atom is 0.349 e. The van der Waals surface area contributed by atoms with Crippen LogP contribution in [0, 0.1) is 0 Å². The average molecular weight is 333 g/mol. The fourth-order valence-electron chi connectivity index (χ4n) is 1.61. The van der Waals surface area contributed by atoms with Crippen LogP contribution in [0.25, 0.3) is 0 Å². The highest BCUT2D eigenvalue weighted by Gasteiger charge is 2.33. The summed E-state index contributed by atoms with van der Waals surface area (Å²) in [6.45, 7) is 1.88. The van der Waals surface area contributed by atoms with Gasteiger partial charge in [-0.3, -0.25) is 4.57 Å². The van der Waals surface area contributed by atoms with Crippen molar-refractivity contribution in [3.63, 3.8) is 0 Å². The van der Waals surface area contributed by atoms with Crippen molar-refractivity contribution in [2.75, 3.05) is 40.5 Å². The Bertz CT molecular complexity index is 462. The van der Waals surface area contributed by atoms with Crippen molar-refractivity contribution in [3.8, 4) is 0 Å². The van der Waals surface area contributed by atoms with Gasteiger partial charge in [0.05, 0.1) is 25.8 Å². The molecule has 2 atom stereocenters. The third kappa shape index (κ3) is 6.96. The molecule has 1 aliphatic rings. The molecule has 0 bridgehead atoms. The topological polar surface area (TPSA) is 109 Å². The van der Waals surface area contributed by atoms with Gasteiger partial charge >= 0.3 is 7.60 Å². The molecule has 0 aromatic carbocycles. The molecule has 1 unspecified atom stereocenters. The van der Waals surface area contributed by atoms with Gasteiger partial charge < -0.3 is 34.0 Å². The number of likely N-dealkylation sites (N-methyl/N-ethyl adjacent to an activating group) is 1. The van der Waals surface area contributed by atoms with E-state index in [2.05, 4.69) is 0 Å². The number of aliphatic hydroxyl groups is 1. The van der Waals surface area contributed by atoms with Gasteiger partial charge in [-0.2, -0.15) is 0 Å². The van der Waals surface area contributed by atoms with Crippen LogP contribution in [0.3, 0.4) is 0 Å². The Labute approximate surface area is 130 Å². The Morgan fingerprint density at radius 1 is 1.36 bits per heavy atom. The Morgan fingerprint density at radius 2 is 2.05 bits per heavy atom. The lowest BCUT2D eigenvalue weighted by molar-refractivity contribution is -0.0162. The first-order chi connectivity index (χ1) is 10.2. The highest BCUT2D eigenvalue weighted by molar-refractivity contribution is 7.55. The quantitative estimate of drug-likeness (QED) is 0.306. The SMILES string of the molecule is [B][C@@H]1OC(/C=C/P(=O)(O)O)=C(O)C1OCCOCCN(C)C. The number of hydrogen-bond donors (Lipinski definition) is 3. The van der Waals surface area contributed by atoms with E-state index in [0.29, 0.717) is 19.0 Å². The fourth-order valence-corrected chi connectivity index (χ4v) is 1.94. The Kier molecular flexibility index (Phi) is 7.61. The lowest BCUT2D eigenvalue weighted by Gasteiger charge is -2.16. The van der Waals surface area contributed by atoms with Crippen molar-refractivity contribution >= 4 is 15.4 Å². The van der Waals surface area contributed by atoms with E-state index in [1.165, 1.54) is 0 Å². The van der Waals surface area contributed by atoms with E-state index in [1.54, 1.807) is 0 Å². The first-order valence-corrected chi connectivity index (χ1v) is 8.33. The fraction of sp³-hybridized carbons (Fsp3) is 0.667. The molecule has 3 N–H and O–H groups in total. The Hall–Kier alpha value is -0.825. The molecule has 0 spiro atoms. The zero-order valence-corrected chi connectivity index (χ0v) is 13.5. The van der Waals surface area contributed by atoms with E-state index in [9.17, 15) is 9.67 Å². The van der Waals surface area contributed by atoms with E-state index in [-0.39, 0.29) is 18.1 Å². The number of allylic oxidation sites excluding steroid dienone is 1. The summed E-state index contributed by atoms with van der Waals surface area (Å²) in [6.07, 6.45) is 0.0845. The predicted molar refractivity (Wildman–Crippen MR) is 80.6 cm³/mol. The summed E-state index contributed by atoms with van der Waals surface area (Å²) in [7, 11) is 5.19. The molecule has 0 fully saturated rings. The standard InChI is InChI=1S/C12H21BNO7P/c1-14(2)4-5-19-6-7-20-11-10(15)9(21-12(11)13)3-8-22(16,17)18/h3,8,11-12,15H,4-7H2,1-2H3,(H2,16,17,18)/b8-3+/t11?,12-/m1/s1. The molecule has 8 nitrogen and oxygen atoms in total. The van der Waals surface area contributed by atoms with Crippen LogP contribution in [0.4, 0.5) is 0 Å². The molecule has 10 heteroatoms. The van der Waals surface area contributed by atoms with Crippen LogP contribution in [0.5, 0.6) is 0 Å². The summed E-state index contributed by atoms with van der Waals surface area (Å²) < 4.78 is 26.5. The molecule has 124 valence electrons. The Morgan fingerprint density at radius 3 is 2.64 bits per heavy atom. The molecule has 0 saturated carbocycles. The normalized spacial score (nSPS) is 22.8. The maximum atomic E-state index is 10.7. The predicted octanol–water partition coefficient (Wildman–Crippen LogP) is -0.0644. The van der Waals surface area contributed by atoms with E-state index in [4.69, 9.17) is 31.8 Å². The summed E-state index contributed by atoms with van der Waals surface area (Å²) in [5.41, 5.74) is 0. The molecule has 0 aliphatic carbocycles. The van der Waals surface area contributed by atoms with Crippen LogP contribution in [0.2, 0.25) is 0 Å². The van der Waals surface area contributed by atoms with Crippen molar-refractivity contribution in [1.29, 1.82) is 0 Å². The molecular weight excluding hydrogens is 312 g/mol. The second-order valence-electron chi connectivity index (χ2n) is 4.94. The van der Waals surface area contributed by atoms with Crippen molar-refractivity contribution in [2.24, 2.45) is 0 Å². The largest absolute Gasteiger partial charge is 0.506 e. The first-order valence-electron chi connectivity index (χ1n) is 6.64. The van der Waals surface area contributed by atoms with Crippen molar-refractivity contribution in [2.45, 2.75) is 12.1 Å². The molecular formula is C12H21BNO7P. The number of hydrogen-bond acceptors (Lipinski definition) is 6. The minimum atomic E-state index is -4.34. The summed E-state index contributed by atoms with van der Waals surface area (Å²) >= 11 is 0. The maximum absolute atomic E-state index is 10.7. The van der Waals surface area contributed by atoms with Gasteiger partial charge in [0.2, 0.25) is 0 Å². The lowest BCUT2D eigenvalue weighted by Crippen LogP contribution is -2.29. The van der Waals surface area contributed by atoms with Gasteiger partial charge in [0.25, 0.3) is 0 Å². The van der Waals surface area contributed by atoms with E-state index < -0.39 is 19.7 Å². The zero-order valence-electron chi connectivity index (χ0n) is 12.6. The Balaban J connectivity index is 2.41. The molecule has 1 rings (SSSR count). The van der Waals surface area contributed by atoms with E-state index in [0.717, 1.165) is 12.6 Å². The highest BCUT2D eigenvalue weighted by Crippen LogP contribution is 2.37. The van der Waals surface area contributed by atoms with Crippen molar-refractivity contribution in [1.82, 2.24) is 4.90 Å².